The molecule has 7 heteroatoms. The van der Waals surface area contributed by atoms with Gasteiger partial charge in [-0.25, -0.2) is 8.42 Å². The average molecular weight is 321 g/mol. The second-order valence-electron chi connectivity index (χ2n) is 4.51. The number of thiocarbonyl (C=S) groups is 1. The normalized spacial score (nSPS) is 11.5. The Kier molecular flexibility index (Phi) is 4.66. The number of aromatic nitrogens is 1. The van der Waals surface area contributed by atoms with E-state index < -0.39 is 10.0 Å². The van der Waals surface area contributed by atoms with Crippen molar-refractivity contribution in [2.45, 2.75) is 11.4 Å². The van der Waals surface area contributed by atoms with Crippen molar-refractivity contribution in [3.8, 4) is 0 Å². The summed E-state index contributed by atoms with van der Waals surface area (Å²) in [5.74, 6) is 0. The molecule has 2 aromatic rings. The second-order valence-corrected chi connectivity index (χ2v) is 7.00. The summed E-state index contributed by atoms with van der Waals surface area (Å²) in [5, 5.41) is 0. The third kappa shape index (κ3) is 3.63. The molecule has 0 fully saturated rings. The van der Waals surface area contributed by atoms with Crippen LogP contribution in [0.5, 0.6) is 0 Å². The smallest absolute Gasteiger partial charge is 0.243 e. The number of nitrogens with zero attached hydrogens (tertiary/aromatic N) is 2. The third-order valence-corrected chi connectivity index (χ3v) is 4.99. The molecule has 0 amide bonds. The van der Waals surface area contributed by atoms with Crippen molar-refractivity contribution in [1.29, 1.82) is 0 Å². The van der Waals surface area contributed by atoms with Crippen LogP contribution in [0.2, 0.25) is 0 Å². The van der Waals surface area contributed by atoms with Crippen molar-refractivity contribution >= 4 is 27.2 Å². The first-order chi connectivity index (χ1) is 9.91. The fourth-order valence-corrected chi connectivity index (χ4v) is 3.16. The molecule has 0 aliphatic rings. The van der Waals surface area contributed by atoms with Gasteiger partial charge < -0.3 is 5.73 Å². The predicted octanol–water partition coefficient (Wildman–Crippen LogP) is 1.54. The van der Waals surface area contributed by atoms with Gasteiger partial charge in [0.15, 0.2) is 0 Å². The number of hydrogen-bond acceptors (Lipinski definition) is 4. The highest BCUT2D eigenvalue weighted by Crippen LogP contribution is 2.17. The Morgan fingerprint density at radius 2 is 2.10 bits per heavy atom. The van der Waals surface area contributed by atoms with Gasteiger partial charge in [-0.05, 0) is 23.8 Å². The number of pyridine rings is 1. The molecule has 0 unspecified atom stereocenters. The molecule has 110 valence electrons. The molecule has 0 radical (unpaired) electrons. The van der Waals surface area contributed by atoms with Gasteiger partial charge in [0.2, 0.25) is 10.0 Å². The van der Waals surface area contributed by atoms with Crippen LogP contribution in [0.25, 0.3) is 0 Å². The van der Waals surface area contributed by atoms with Gasteiger partial charge in [0, 0.05) is 31.5 Å². The summed E-state index contributed by atoms with van der Waals surface area (Å²) in [4.78, 5) is 4.31. The van der Waals surface area contributed by atoms with E-state index in [4.69, 9.17) is 18.0 Å². The Bertz CT molecular complexity index is 746. The van der Waals surface area contributed by atoms with Gasteiger partial charge in [-0.1, -0.05) is 30.4 Å². The van der Waals surface area contributed by atoms with Gasteiger partial charge in [0.25, 0.3) is 0 Å². The van der Waals surface area contributed by atoms with Crippen LogP contribution in [0, 0.1) is 0 Å². The molecule has 0 aliphatic carbocycles. The Morgan fingerprint density at radius 1 is 1.33 bits per heavy atom. The summed E-state index contributed by atoms with van der Waals surface area (Å²) in [5.41, 5.74) is 6.88. The molecule has 2 N–H and O–H groups in total. The zero-order valence-electron chi connectivity index (χ0n) is 11.4. The molecule has 0 saturated heterocycles. The highest BCUT2D eigenvalue weighted by atomic mass is 32.2. The molecule has 1 heterocycles. The molecular formula is C14H15N3O2S2. The maximum atomic E-state index is 12.5. The quantitative estimate of drug-likeness (QED) is 0.845. The Labute approximate surface area is 129 Å². The minimum Gasteiger partial charge on any atom is -0.389 e. The van der Waals surface area contributed by atoms with Crippen LogP contribution >= 0.6 is 12.2 Å². The second kappa shape index (κ2) is 6.30. The number of nitrogens with two attached hydrogens (primary N) is 1. The first-order valence-electron chi connectivity index (χ1n) is 6.16. The molecule has 0 bridgehead atoms. The summed E-state index contributed by atoms with van der Waals surface area (Å²) >= 11 is 4.88. The lowest BCUT2D eigenvalue weighted by Gasteiger charge is -2.17. The van der Waals surface area contributed by atoms with Crippen LogP contribution in [0.15, 0.2) is 53.7 Å². The number of sulfonamides is 1. The summed E-state index contributed by atoms with van der Waals surface area (Å²) in [6, 6.07) is 9.91. The lowest BCUT2D eigenvalue weighted by Crippen LogP contribution is -2.26. The topological polar surface area (TPSA) is 76.3 Å². The minimum absolute atomic E-state index is 0.166. The average Bonchev–Trinajstić information content (AvgIpc) is 2.48. The molecule has 0 atom stereocenters. The van der Waals surface area contributed by atoms with E-state index in [9.17, 15) is 8.42 Å². The standard InChI is InChI=1S/C14H15N3O2S2/c1-17(10-11-4-3-7-16-9-11)21(18,19)13-6-2-5-12(8-13)14(15)20/h2-9H,10H2,1H3,(H2,15,20). The molecule has 5 nitrogen and oxygen atoms in total. The van der Waals surface area contributed by atoms with Crippen LogP contribution in [-0.4, -0.2) is 29.7 Å². The highest BCUT2D eigenvalue weighted by molar-refractivity contribution is 7.89. The lowest BCUT2D eigenvalue weighted by molar-refractivity contribution is 0.466. The molecule has 0 aliphatic heterocycles. The molecule has 1 aromatic heterocycles. The van der Waals surface area contributed by atoms with Gasteiger partial charge in [0.05, 0.1) is 4.90 Å². The minimum atomic E-state index is -3.60. The summed E-state index contributed by atoms with van der Waals surface area (Å²) in [6.45, 7) is 0.244. The fourth-order valence-electron chi connectivity index (χ4n) is 1.82. The summed E-state index contributed by atoms with van der Waals surface area (Å²) in [7, 11) is -2.08. The van der Waals surface area contributed by atoms with Crippen molar-refractivity contribution < 1.29 is 8.42 Å². The number of rotatable bonds is 5. The zero-order chi connectivity index (χ0) is 15.5. The largest absolute Gasteiger partial charge is 0.389 e. The third-order valence-electron chi connectivity index (χ3n) is 2.95. The predicted molar refractivity (Wildman–Crippen MR) is 85.2 cm³/mol. The maximum absolute atomic E-state index is 12.5. The van der Waals surface area contributed by atoms with Crippen LogP contribution < -0.4 is 5.73 Å². The molecule has 1 aromatic carbocycles. The number of hydrogen-bond donors (Lipinski definition) is 1. The van der Waals surface area contributed by atoms with Crippen molar-refractivity contribution in [2.75, 3.05) is 7.05 Å². The summed E-state index contributed by atoms with van der Waals surface area (Å²) < 4.78 is 26.3. The van der Waals surface area contributed by atoms with Crippen LogP contribution in [-0.2, 0) is 16.6 Å². The van der Waals surface area contributed by atoms with Gasteiger partial charge in [-0.15, -0.1) is 0 Å². The SMILES string of the molecule is CN(Cc1cccnc1)S(=O)(=O)c1cccc(C(N)=S)c1. The van der Waals surface area contributed by atoms with E-state index in [-0.39, 0.29) is 16.4 Å². The summed E-state index contributed by atoms with van der Waals surface area (Å²) in [6.07, 6.45) is 3.28. The fraction of sp³-hybridized carbons (Fsp3) is 0.143. The maximum Gasteiger partial charge on any atom is 0.243 e. The molecular weight excluding hydrogens is 306 g/mol. The first kappa shape index (κ1) is 15.6. The molecule has 0 spiro atoms. The lowest BCUT2D eigenvalue weighted by atomic mass is 10.2. The van der Waals surface area contributed by atoms with E-state index in [1.165, 1.54) is 23.5 Å². The Hall–Kier alpha value is -1.83. The van der Waals surface area contributed by atoms with E-state index in [1.807, 2.05) is 6.07 Å². The van der Waals surface area contributed by atoms with E-state index in [2.05, 4.69) is 4.98 Å². The molecule has 2 rings (SSSR count). The first-order valence-corrected chi connectivity index (χ1v) is 8.01. The van der Waals surface area contributed by atoms with Crippen LogP contribution in [0.4, 0.5) is 0 Å². The van der Waals surface area contributed by atoms with E-state index >= 15 is 0 Å². The van der Waals surface area contributed by atoms with Gasteiger partial charge in [-0.3, -0.25) is 4.98 Å². The van der Waals surface area contributed by atoms with Crippen LogP contribution in [0.1, 0.15) is 11.1 Å². The van der Waals surface area contributed by atoms with Gasteiger partial charge in [-0.2, -0.15) is 4.31 Å². The van der Waals surface area contributed by atoms with E-state index in [0.717, 1.165) is 5.56 Å². The van der Waals surface area contributed by atoms with Gasteiger partial charge in [0.1, 0.15) is 4.99 Å². The van der Waals surface area contributed by atoms with Crippen molar-refractivity contribution in [2.24, 2.45) is 5.73 Å². The van der Waals surface area contributed by atoms with Crippen LogP contribution in [0.3, 0.4) is 0 Å². The van der Waals surface area contributed by atoms with E-state index in [1.54, 1.807) is 30.6 Å². The van der Waals surface area contributed by atoms with Crippen molar-refractivity contribution in [1.82, 2.24) is 9.29 Å². The Balaban J connectivity index is 2.29. The van der Waals surface area contributed by atoms with Gasteiger partial charge >= 0.3 is 0 Å². The monoisotopic (exact) mass is 321 g/mol. The molecule has 0 saturated carbocycles. The van der Waals surface area contributed by atoms with Crippen molar-refractivity contribution in [3.63, 3.8) is 0 Å². The van der Waals surface area contributed by atoms with E-state index in [0.29, 0.717) is 5.56 Å². The van der Waals surface area contributed by atoms with Crippen molar-refractivity contribution in [3.05, 3.63) is 59.9 Å². The highest BCUT2D eigenvalue weighted by Gasteiger charge is 2.21. The zero-order valence-corrected chi connectivity index (χ0v) is 13.1. The molecule has 21 heavy (non-hydrogen) atoms. The number of benzene rings is 1. The Morgan fingerprint density at radius 3 is 2.71 bits per heavy atom.